The highest BCUT2D eigenvalue weighted by Crippen LogP contribution is 2.29. The van der Waals surface area contributed by atoms with E-state index in [1.165, 1.54) is 36.1 Å². The van der Waals surface area contributed by atoms with Crippen molar-refractivity contribution in [3.05, 3.63) is 51.2 Å². The van der Waals surface area contributed by atoms with Gasteiger partial charge in [0, 0.05) is 16.1 Å². The quantitative estimate of drug-likeness (QED) is 0.733. The van der Waals surface area contributed by atoms with Crippen LogP contribution in [-0.2, 0) is 17.6 Å². The van der Waals surface area contributed by atoms with Gasteiger partial charge in [0.1, 0.15) is 6.54 Å². The van der Waals surface area contributed by atoms with Gasteiger partial charge in [0.15, 0.2) is 0 Å². The highest BCUT2D eigenvalue weighted by molar-refractivity contribution is 7.14. The standard InChI is InChI=1S/C20H22N2O4S/c23-18(24)12-21-19(25)13-7-9-15(10-8-13)22-20(26)17-11-14-5-3-1-2-4-6-16(14)27-17/h7-11H,1-6,12H2,(H,21,25)(H,22,26)(H,23,24). The van der Waals surface area contributed by atoms with E-state index in [0.717, 1.165) is 12.8 Å². The molecule has 142 valence electrons. The first-order valence-corrected chi connectivity index (χ1v) is 9.87. The third-order valence-electron chi connectivity index (χ3n) is 4.53. The molecule has 0 radical (unpaired) electrons. The lowest BCUT2D eigenvalue weighted by Crippen LogP contribution is -2.29. The number of hydrogen-bond acceptors (Lipinski definition) is 4. The summed E-state index contributed by atoms with van der Waals surface area (Å²) in [5.41, 5.74) is 2.24. The largest absolute Gasteiger partial charge is 0.480 e. The molecule has 0 saturated carbocycles. The number of carboxylic acid groups (broad SMARTS) is 1. The molecule has 1 aromatic carbocycles. The molecule has 1 aliphatic carbocycles. The van der Waals surface area contributed by atoms with Gasteiger partial charge in [-0.1, -0.05) is 12.8 Å². The Kier molecular flexibility index (Phi) is 6.24. The van der Waals surface area contributed by atoms with Crippen molar-refractivity contribution in [2.75, 3.05) is 11.9 Å². The van der Waals surface area contributed by atoms with E-state index in [1.807, 2.05) is 6.07 Å². The van der Waals surface area contributed by atoms with E-state index in [4.69, 9.17) is 5.11 Å². The first-order valence-electron chi connectivity index (χ1n) is 9.06. The van der Waals surface area contributed by atoms with Crippen LogP contribution < -0.4 is 10.6 Å². The van der Waals surface area contributed by atoms with Crippen LogP contribution in [0.5, 0.6) is 0 Å². The van der Waals surface area contributed by atoms with Gasteiger partial charge >= 0.3 is 5.97 Å². The summed E-state index contributed by atoms with van der Waals surface area (Å²) in [6, 6.07) is 8.39. The van der Waals surface area contributed by atoms with Crippen LogP contribution in [0.4, 0.5) is 5.69 Å². The minimum atomic E-state index is -1.10. The maximum atomic E-state index is 12.6. The molecule has 0 atom stereocenters. The number of nitrogens with one attached hydrogen (secondary N) is 2. The predicted octanol–water partition coefficient (Wildman–Crippen LogP) is 3.47. The van der Waals surface area contributed by atoms with Gasteiger partial charge in [0.2, 0.25) is 0 Å². The maximum absolute atomic E-state index is 12.6. The van der Waals surface area contributed by atoms with Crippen molar-refractivity contribution < 1.29 is 19.5 Å². The van der Waals surface area contributed by atoms with E-state index in [2.05, 4.69) is 10.6 Å². The summed E-state index contributed by atoms with van der Waals surface area (Å²) in [4.78, 5) is 36.9. The van der Waals surface area contributed by atoms with Crippen LogP contribution in [0, 0.1) is 0 Å². The summed E-state index contributed by atoms with van der Waals surface area (Å²) in [7, 11) is 0. The summed E-state index contributed by atoms with van der Waals surface area (Å²) < 4.78 is 0. The van der Waals surface area contributed by atoms with Gasteiger partial charge < -0.3 is 15.7 Å². The van der Waals surface area contributed by atoms with Crippen LogP contribution in [0.15, 0.2) is 30.3 Å². The van der Waals surface area contributed by atoms with Crippen LogP contribution >= 0.6 is 11.3 Å². The minimum absolute atomic E-state index is 0.144. The van der Waals surface area contributed by atoms with Gasteiger partial charge in [0.25, 0.3) is 11.8 Å². The van der Waals surface area contributed by atoms with Crippen molar-refractivity contribution in [3.8, 4) is 0 Å². The molecule has 1 aliphatic rings. The summed E-state index contributed by atoms with van der Waals surface area (Å²) in [6.45, 7) is -0.430. The second-order valence-electron chi connectivity index (χ2n) is 6.58. The first kappa shape index (κ1) is 19.1. The Hall–Kier alpha value is -2.67. The van der Waals surface area contributed by atoms with Crippen LogP contribution in [0.3, 0.4) is 0 Å². The average molecular weight is 386 g/mol. The molecule has 2 aromatic rings. The van der Waals surface area contributed by atoms with Crippen molar-refractivity contribution in [2.24, 2.45) is 0 Å². The van der Waals surface area contributed by atoms with Gasteiger partial charge in [0.05, 0.1) is 4.88 Å². The number of benzene rings is 1. The van der Waals surface area contributed by atoms with Crippen LogP contribution in [-0.4, -0.2) is 29.4 Å². The van der Waals surface area contributed by atoms with Crippen molar-refractivity contribution in [3.63, 3.8) is 0 Å². The van der Waals surface area contributed by atoms with Crippen LogP contribution in [0.2, 0.25) is 0 Å². The fourth-order valence-corrected chi connectivity index (χ4v) is 4.26. The zero-order valence-electron chi connectivity index (χ0n) is 14.9. The van der Waals surface area contributed by atoms with Crippen LogP contribution in [0.1, 0.15) is 56.2 Å². The molecule has 3 rings (SSSR count). The van der Waals surface area contributed by atoms with Crippen molar-refractivity contribution in [1.82, 2.24) is 5.32 Å². The molecule has 27 heavy (non-hydrogen) atoms. The molecule has 1 aromatic heterocycles. The first-order chi connectivity index (χ1) is 13.0. The fourth-order valence-electron chi connectivity index (χ4n) is 3.11. The third kappa shape index (κ3) is 5.17. The third-order valence-corrected chi connectivity index (χ3v) is 5.76. The monoisotopic (exact) mass is 386 g/mol. The Labute approximate surface area is 161 Å². The molecule has 0 spiro atoms. The van der Waals surface area contributed by atoms with E-state index < -0.39 is 18.4 Å². The Morgan fingerprint density at radius 2 is 1.67 bits per heavy atom. The molecule has 0 aliphatic heterocycles. The smallest absolute Gasteiger partial charge is 0.322 e. The summed E-state index contributed by atoms with van der Waals surface area (Å²) >= 11 is 1.57. The Morgan fingerprint density at radius 1 is 0.963 bits per heavy atom. The molecule has 3 N–H and O–H groups in total. The molecular weight excluding hydrogens is 364 g/mol. The zero-order valence-corrected chi connectivity index (χ0v) is 15.7. The summed E-state index contributed by atoms with van der Waals surface area (Å²) in [5, 5.41) is 13.8. The number of anilines is 1. The number of aliphatic carboxylic acids is 1. The second-order valence-corrected chi connectivity index (χ2v) is 7.72. The number of rotatable bonds is 5. The molecule has 2 amide bonds. The fraction of sp³-hybridized carbons (Fsp3) is 0.350. The number of aryl methyl sites for hydroxylation is 2. The molecule has 0 unspecified atom stereocenters. The molecular formula is C20H22N2O4S. The molecule has 7 heteroatoms. The Balaban J connectivity index is 1.63. The Bertz CT molecular complexity index is 817. The van der Waals surface area contributed by atoms with E-state index >= 15 is 0 Å². The van der Waals surface area contributed by atoms with Gasteiger partial charge in [-0.05, 0) is 61.6 Å². The SMILES string of the molecule is O=C(O)CNC(=O)c1ccc(NC(=O)c2cc3c(s2)CCCCCC3)cc1. The minimum Gasteiger partial charge on any atom is -0.480 e. The molecule has 0 bridgehead atoms. The summed E-state index contributed by atoms with van der Waals surface area (Å²) in [6.07, 6.45) is 6.96. The Morgan fingerprint density at radius 3 is 2.37 bits per heavy atom. The van der Waals surface area contributed by atoms with Gasteiger partial charge in [-0.2, -0.15) is 0 Å². The topological polar surface area (TPSA) is 95.5 Å². The molecule has 1 heterocycles. The number of hydrogen-bond donors (Lipinski definition) is 3. The summed E-state index contributed by atoms with van der Waals surface area (Å²) in [5.74, 6) is -1.71. The van der Waals surface area contributed by atoms with Gasteiger partial charge in [-0.25, -0.2) is 0 Å². The highest BCUT2D eigenvalue weighted by atomic mass is 32.1. The number of carbonyl (C=O) groups is 3. The van der Waals surface area contributed by atoms with Gasteiger partial charge in [-0.3, -0.25) is 14.4 Å². The van der Waals surface area contributed by atoms with Crippen molar-refractivity contribution in [1.29, 1.82) is 0 Å². The lowest BCUT2D eigenvalue weighted by atomic mass is 10.00. The lowest BCUT2D eigenvalue weighted by Gasteiger charge is -2.07. The number of fused-ring (bicyclic) bond motifs is 1. The van der Waals surface area contributed by atoms with E-state index in [9.17, 15) is 14.4 Å². The van der Waals surface area contributed by atoms with E-state index in [1.54, 1.807) is 35.6 Å². The number of thiophene rings is 1. The number of carboxylic acids is 1. The van der Waals surface area contributed by atoms with E-state index in [-0.39, 0.29) is 5.91 Å². The van der Waals surface area contributed by atoms with Crippen LogP contribution in [0.25, 0.3) is 0 Å². The molecule has 6 nitrogen and oxygen atoms in total. The normalized spacial score (nSPS) is 13.8. The van der Waals surface area contributed by atoms with E-state index in [0.29, 0.717) is 16.1 Å². The number of amides is 2. The lowest BCUT2D eigenvalue weighted by molar-refractivity contribution is -0.135. The number of carbonyl (C=O) groups excluding carboxylic acids is 2. The highest BCUT2D eigenvalue weighted by Gasteiger charge is 2.16. The second kappa shape index (κ2) is 8.81. The maximum Gasteiger partial charge on any atom is 0.322 e. The van der Waals surface area contributed by atoms with Gasteiger partial charge in [-0.15, -0.1) is 11.3 Å². The van der Waals surface area contributed by atoms with Crippen molar-refractivity contribution >= 4 is 34.8 Å². The predicted molar refractivity (Wildman–Crippen MR) is 105 cm³/mol. The zero-order chi connectivity index (χ0) is 19.2. The van der Waals surface area contributed by atoms with Crippen molar-refractivity contribution in [2.45, 2.75) is 38.5 Å². The molecule has 0 fully saturated rings. The molecule has 0 saturated heterocycles. The average Bonchev–Trinajstić information content (AvgIpc) is 3.02.